The zero-order valence-corrected chi connectivity index (χ0v) is 20.5. The van der Waals surface area contributed by atoms with Gasteiger partial charge in [0, 0.05) is 11.1 Å². The summed E-state index contributed by atoms with van der Waals surface area (Å²) in [7, 11) is 0. The van der Waals surface area contributed by atoms with Crippen LogP contribution in [-0.4, -0.2) is 20.2 Å². The molecule has 6 rings (SSSR count). The molecular formula is C34H24N2O2. The van der Waals surface area contributed by atoms with E-state index < -0.39 is 0 Å². The average molecular weight is 493 g/mol. The van der Waals surface area contributed by atoms with Crippen molar-refractivity contribution in [2.24, 2.45) is 0 Å². The van der Waals surface area contributed by atoms with Gasteiger partial charge in [0.2, 0.25) is 0 Å². The van der Waals surface area contributed by atoms with Crippen molar-refractivity contribution in [3.8, 4) is 67.7 Å². The van der Waals surface area contributed by atoms with E-state index in [2.05, 4.69) is 0 Å². The molecule has 2 aromatic heterocycles. The van der Waals surface area contributed by atoms with Gasteiger partial charge < -0.3 is 10.2 Å². The van der Waals surface area contributed by atoms with Gasteiger partial charge in [-0.25, -0.2) is 9.97 Å². The number of rotatable bonds is 5. The molecule has 0 fully saturated rings. The Kier molecular flexibility index (Phi) is 6.12. The van der Waals surface area contributed by atoms with Gasteiger partial charge in [-0.05, 0) is 70.8 Å². The van der Waals surface area contributed by atoms with Gasteiger partial charge in [-0.15, -0.1) is 0 Å². The molecule has 0 amide bonds. The molecule has 182 valence electrons. The highest BCUT2D eigenvalue weighted by molar-refractivity contribution is 5.78. The van der Waals surface area contributed by atoms with E-state index in [1.165, 1.54) is 0 Å². The van der Waals surface area contributed by atoms with Crippen LogP contribution >= 0.6 is 0 Å². The summed E-state index contributed by atoms with van der Waals surface area (Å²) in [5, 5.41) is 21.3. The third-order valence-electron chi connectivity index (χ3n) is 6.52. The average Bonchev–Trinajstić information content (AvgIpc) is 2.99. The fourth-order valence-corrected chi connectivity index (χ4v) is 4.56. The van der Waals surface area contributed by atoms with Gasteiger partial charge in [-0.2, -0.15) is 0 Å². The van der Waals surface area contributed by atoms with Crippen molar-refractivity contribution < 1.29 is 10.2 Å². The molecule has 4 nitrogen and oxygen atoms in total. The van der Waals surface area contributed by atoms with Gasteiger partial charge in [0.15, 0.2) is 0 Å². The minimum Gasteiger partial charge on any atom is -0.507 e. The molecule has 0 radical (unpaired) electrons. The van der Waals surface area contributed by atoms with E-state index in [1.54, 1.807) is 12.1 Å². The van der Waals surface area contributed by atoms with Gasteiger partial charge in [0.25, 0.3) is 0 Å². The first-order valence-corrected chi connectivity index (χ1v) is 12.4. The van der Waals surface area contributed by atoms with Gasteiger partial charge in [0.1, 0.15) is 11.5 Å². The van der Waals surface area contributed by atoms with Crippen LogP contribution in [0.1, 0.15) is 0 Å². The number of hydrogen-bond acceptors (Lipinski definition) is 4. The van der Waals surface area contributed by atoms with Gasteiger partial charge in [-0.1, -0.05) is 84.9 Å². The first kappa shape index (κ1) is 23.2. The Hall–Kier alpha value is -5.22. The maximum atomic E-state index is 10.7. The summed E-state index contributed by atoms with van der Waals surface area (Å²) < 4.78 is 0. The van der Waals surface area contributed by atoms with E-state index in [9.17, 15) is 10.2 Å². The van der Waals surface area contributed by atoms with Crippen molar-refractivity contribution in [2.75, 3.05) is 0 Å². The van der Waals surface area contributed by atoms with Gasteiger partial charge >= 0.3 is 0 Å². The molecule has 0 aliphatic carbocycles. The molecule has 0 unspecified atom stereocenters. The summed E-state index contributed by atoms with van der Waals surface area (Å²) in [6, 6.07) is 42.6. The molecule has 0 atom stereocenters. The number of nitrogens with zero attached hydrogens (tertiary/aromatic N) is 2. The van der Waals surface area contributed by atoms with Crippen molar-refractivity contribution in [3.05, 3.63) is 133 Å². The Labute approximate surface area is 221 Å². The molecule has 2 N–H and O–H groups in total. The normalized spacial score (nSPS) is 10.8. The lowest BCUT2D eigenvalue weighted by Gasteiger charge is -2.11. The third kappa shape index (κ3) is 4.63. The summed E-state index contributed by atoms with van der Waals surface area (Å²) in [5.74, 6) is 0.331. The molecule has 0 saturated heterocycles. The highest BCUT2D eigenvalue weighted by atomic mass is 16.3. The van der Waals surface area contributed by atoms with E-state index in [4.69, 9.17) is 9.97 Å². The topological polar surface area (TPSA) is 66.2 Å². The van der Waals surface area contributed by atoms with Crippen LogP contribution < -0.4 is 0 Å². The SMILES string of the molecule is Oc1ccc(-c2ccccc2)cc1-c1cccc(-c2cccc(-c3cc(-c4ccccc4)ccc3O)n2)n1. The van der Waals surface area contributed by atoms with Crippen LogP contribution in [0.3, 0.4) is 0 Å². The lowest BCUT2D eigenvalue weighted by atomic mass is 10.00. The molecule has 6 aromatic rings. The largest absolute Gasteiger partial charge is 0.507 e. The second-order valence-corrected chi connectivity index (χ2v) is 9.01. The number of benzene rings is 4. The first-order chi connectivity index (χ1) is 18.7. The Morgan fingerprint density at radius 2 is 0.737 bits per heavy atom. The van der Waals surface area contributed by atoms with E-state index in [0.29, 0.717) is 33.9 Å². The second-order valence-electron chi connectivity index (χ2n) is 9.01. The van der Waals surface area contributed by atoms with E-state index in [0.717, 1.165) is 22.3 Å². The van der Waals surface area contributed by atoms with Crippen molar-refractivity contribution >= 4 is 0 Å². The molecule has 2 heterocycles. The Bertz CT molecular complexity index is 1600. The Morgan fingerprint density at radius 3 is 1.16 bits per heavy atom. The Morgan fingerprint density at radius 1 is 0.342 bits per heavy atom. The van der Waals surface area contributed by atoms with Crippen molar-refractivity contribution in [3.63, 3.8) is 0 Å². The monoisotopic (exact) mass is 492 g/mol. The molecule has 0 spiro atoms. The van der Waals surface area contributed by atoms with Gasteiger partial charge in [-0.3, -0.25) is 0 Å². The number of hydrogen-bond donors (Lipinski definition) is 2. The molecule has 0 bridgehead atoms. The lowest BCUT2D eigenvalue weighted by Crippen LogP contribution is -1.93. The van der Waals surface area contributed by atoms with Crippen LogP contribution in [0.25, 0.3) is 56.2 Å². The molecule has 38 heavy (non-hydrogen) atoms. The van der Waals surface area contributed by atoms with Crippen LogP contribution in [0.2, 0.25) is 0 Å². The van der Waals surface area contributed by atoms with Crippen LogP contribution in [0, 0.1) is 0 Å². The minimum atomic E-state index is 0.165. The van der Waals surface area contributed by atoms with E-state index >= 15 is 0 Å². The molecule has 4 aromatic carbocycles. The molecule has 0 aliphatic rings. The second kappa shape index (κ2) is 10.0. The summed E-state index contributed by atoms with van der Waals surface area (Å²) in [5.41, 5.74) is 8.08. The standard InChI is InChI=1S/C34H24N2O2/c37-33-19-17-25(23-9-3-1-4-10-23)21-27(33)29-13-7-15-31(35-29)32-16-8-14-30(36-32)28-22-26(18-20-34(28)38)24-11-5-2-6-12-24/h1-22,37-38H. The quantitative estimate of drug-likeness (QED) is 0.254. The van der Waals surface area contributed by atoms with Crippen LogP contribution in [0.15, 0.2) is 133 Å². The maximum absolute atomic E-state index is 10.7. The summed E-state index contributed by atoms with van der Waals surface area (Å²) in [4.78, 5) is 9.69. The van der Waals surface area contributed by atoms with Crippen molar-refractivity contribution in [2.45, 2.75) is 0 Å². The van der Waals surface area contributed by atoms with Crippen molar-refractivity contribution in [1.82, 2.24) is 9.97 Å². The number of pyridine rings is 2. The zero-order valence-electron chi connectivity index (χ0n) is 20.5. The number of phenols is 2. The first-order valence-electron chi connectivity index (χ1n) is 12.4. The van der Waals surface area contributed by atoms with Crippen LogP contribution in [0.4, 0.5) is 0 Å². The predicted octanol–water partition coefficient (Wildman–Crippen LogP) is 8.22. The predicted molar refractivity (Wildman–Crippen MR) is 153 cm³/mol. The number of aromatic nitrogens is 2. The fourth-order valence-electron chi connectivity index (χ4n) is 4.56. The smallest absolute Gasteiger partial charge is 0.125 e. The molecule has 0 saturated carbocycles. The third-order valence-corrected chi connectivity index (χ3v) is 6.52. The highest BCUT2D eigenvalue weighted by Crippen LogP contribution is 2.35. The summed E-state index contributed by atoms with van der Waals surface area (Å²) >= 11 is 0. The summed E-state index contributed by atoms with van der Waals surface area (Å²) in [6.07, 6.45) is 0. The number of aromatic hydroxyl groups is 2. The Balaban J connectivity index is 1.38. The van der Waals surface area contributed by atoms with Gasteiger partial charge in [0.05, 0.1) is 22.8 Å². The van der Waals surface area contributed by atoms with E-state index in [-0.39, 0.29) is 11.5 Å². The van der Waals surface area contributed by atoms with E-state index in [1.807, 2.05) is 121 Å². The molecular weight excluding hydrogens is 468 g/mol. The minimum absolute atomic E-state index is 0.165. The van der Waals surface area contributed by atoms with Crippen molar-refractivity contribution in [1.29, 1.82) is 0 Å². The maximum Gasteiger partial charge on any atom is 0.125 e. The van der Waals surface area contributed by atoms with Crippen LogP contribution in [0.5, 0.6) is 11.5 Å². The number of phenolic OH excluding ortho intramolecular Hbond substituents is 2. The van der Waals surface area contributed by atoms with Crippen LogP contribution in [-0.2, 0) is 0 Å². The summed E-state index contributed by atoms with van der Waals surface area (Å²) in [6.45, 7) is 0. The fraction of sp³-hybridized carbons (Fsp3) is 0. The zero-order chi connectivity index (χ0) is 25.9. The molecule has 4 heteroatoms. The lowest BCUT2D eigenvalue weighted by molar-refractivity contribution is 0.476. The highest BCUT2D eigenvalue weighted by Gasteiger charge is 2.13. The molecule has 0 aliphatic heterocycles.